The van der Waals surface area contributed by atoms with Crippen molar-refractivity contribution in [3.05, 3.63) is 83.4 Å². The van der Waals surface area contributed by atoms with Crippen LogP contribution in [0.2, 0.25) is 0 Å². The van der Waals surface area contributed by atoms with Crippen LogP contribution in [-0.4, -0.2) is 17.5 Å². The molecule has 0 atom stereocenters. The van der Waals surface area contributed by atoms with Crippen LogP contribution in [0.25, 0.3) is 26.9 Å². The van der Waals surface area contributed by atoms with Gasteiger partial charge in [0.15, 0.2) is 0 Å². The van der Waals surface area contributed by atoms with Crippen LogP contribution >= 0.6 is 11.3 Å². The van der Waals surface area contributed by atoms with Gasteiger partial charge in [0.05, 0.1) is 16.8 Å². The molecule has 0 saturated heterocycles. The molecule has 0 unspecified atom stereocenters. The second-order valence-electron chi connectivity index (χ2n) is 7.58. The summed E-state index contributed by atoms with van der Waals surface area (Å²) in [4.78, 5) is 17.4. The number of carbonyl (C=O) groups is 1. The molecule has 164 valence electrons. The van der Waals surface area contributed by atoms with E-state index >= 15 is 0 Å². The number of nitrogens with one attached hydrogen (secondary N) is 1. The van der Waals surface area contributed by atoms with Crippen LogP contribution in [0.5, 0.6) is 5.75 Å². The maximum absolute atomic E-state index is 12.7. The molecule has 1 heterocycles. The largest absolute Gasteiger partial charge is 0.493 e. The summed E-state index contributed by atoms with van der Waals surface area (Å²) in [6.07, 6.45) is 2.42. The zero-order valence-corrected chi connectivity index (χ0v) is 19.3. The first-order valence-electron chi connectivity index (χ1n) is 10.7. The SMILES string of the molecule is CCCOc1ccccc1/C=C(\C#N)C(=O)Nc1ccc(-c2nc3ccc(C)cc3s2)cc1. The highest BCUT2D eigenvalue weighted by atomic mass is 32.1. The zero-order chi connectivity index (χ0) is 23.2. The molecule has 6 heteroatoms. The van der Waals surface area contributed by atoms with E-state index < -0.39 is 5.91 Å². The highest BCUT2D eigenvalue weighted by molar-refractivity contribution is 7.21. The van der Waals surface area contributed by atoms with Gasteiger partial charge in [0.2, 0.25) is 0 Å². The Morgan fingerprint density at radius 3 is 2.70 bits per heavy atom. The second-order valence-corrected chi connectivity index (χ2v) is 8.61. The minimum atomic E-state index is -0.467. The molecule has 33 heavy (non-hydrogen) atoms. The number of fused-ring (bicyclic) bond motifs is 1. The molecule has 0 radical (unpaired) electrons. The lowest BCUT2D eigenvalue weighted by Crippen LogP contribution is -2.13. The molecular formula is C27H23N3O2S. The highest BCUT2D eigenvalue weighted by Crippen LogP contribution is 2.31. The van der Waals surface area contributed by atoms with Gasteiger partial charge in [0, 0.05) is 16.8 Å². The van der Waals surface area contributed by atoms with Gasteiger partial charge >= 0.3 is 0 Å². The van der Waals surface area contributed by atoms with Crippen LogP contribution in [0, 0.1) is 18.3 Å². The molecule has 4 rings (SSSR count). The maximum atomic E-state index is 12.7. The Labute approximate surface area is 197 Å². The molecule has 1 amide bonds. The molecule has 4 aromatic rings. The Morgan fingerprint density at radius 2 is 1.94 bits per heavy atom. The number of hydrogen-bond donors (Lipinski definition) is 1. The molecule has 0 saturated carbocycles. The number of hydrogen-bond acceptors (Lipinski definition) is 5. The van der Waals surface area contributed by atoms with Crippen LogP contribution in [0.3, 0.4) is 0 Å². The van der Waals surface area contributed by atoms with E-state index in [4.69, 9.17) is 9.72 Å². The summed E-state index contributed by atoms with van der Waals surface area (Å²) in [7, 11) is 0. The molecule has 3 aromatic carbocycles. The summed E-state index contributed by atoms with van der Waals surface area (Å²) in [6, 6.07) is 23.0. The Hall–Kier alpha value is -3.95. The zero-order valence-electron chi connectivity index (χ0n) is 18.5. The van der Waals surface area contributed by atoms with Gasteiger partial charge in [-0.1, -0.05) is 31.2 Å². The first-order chi connectivity index (χ1) is 16.1. The third-order valence-corrected chi connectivity index (χ3v) is 6.05. The Kier molecular flexibility index (Phi) is 6.82. The van der Waals surface area contributed by atoms with Crippen molar-refractivity contribution in [3.63, 3.8) is 0 Å². The number of ether oxygens (including phenoxy) is 1. The number of carbonyl (C=O) groups excluding carboxylic acids is 1. The summed E-state index contributed by atoms with van der Waals surface area (Å²) in [5.41, 5.74) is 4.47. The standard InChI is InChI=1S/C27H23N3O2S/c1-3-14-32-24-7-5-4-6-20(24)16-21(17-28)26(31)29-22-11-9-19(10-12-22)27-30-23-13-8-18(2)15-25(23)33-27/h4-13,15-16H,3,14H2,1-2H3,(H,29,31)/b21-16+. The molecule has 0 bridgehead atoms. The second kappa shape index (κ2) is 10.1. The van der Waals surface area contributed by atoms with Crippen molar-refractivity contribution in [2.45, 2.75) is 20.3 Å². The topological polar surface area (TPSA) is 75.0 Å². The fraction of sp³-hybridized carbons (Fsp3) is 0.148. The summed E-state index contributed by atoms with van der Waals surface area (Å²) >= 11 is 1.64. The first-order valence-corrected chi connectivity index (χ1v) is 11.5. The van der Waals surface area contributed by atoms with Crippen LogP contribution in [0.15, 0.2) is 72.3 Å². The molecule has 0 spiro atoms. The van der Waals surface area contributed by atoms with E-state index in [1.54, 1.807) is 17.4 Å². The first kappa shape index (κ1) is 22.3. The van der Waals surface area contributed by atoms with Gasteiger partial charge in [-0.05, 0) is 67.4 Å². The van der Waals surface area contributed by atoms with Crippen molar-refractivity contribution >= 4 is 39.2 Å². The van der Waals surface area contributed by atoms with E-state index in [9.17, 15) is 10.1 Å². The lowest BCUT2D eigenvalue weighted by Gasteiger charge is -2.09. The summed E-state index contributed by atoms with van der Waals surface area (Å²) < 4.78 is 6.87. The van der Waals surface area contributed by atoms with E-state index in [1.165, 1.54) is 5.56 Å². The van der Waals surface area contributed by atoms with Gasteiger partial charge in [-0.25, -0.2) is 4.98 Å². The normalized spacial score (nSPS) is 11.2. The predicted octanol–water partition coefficient (Wildman–Crippen LogP) is 6.61. The average molecular weight is 454 g/mol. The van der Waals surface area contributed by atoms with E-state index in [-0.39, 0.29) is 5.57 Å². The van der Waals surface area contributed by atoms with E-state index in [1.807, 2.05) is 67.6 Å². The number of benzene rings is 3. The molecule has 5 nitrogen and oxygen atoms in total. The Morgan fingerprint density at radius 1 is 1.15 bits per heavy atom. The van der Waals surface area contributed by atoms with E-state index in [0.717, 1.165) is 27.2 Å². The van der Waals surface area contributed by atoms with Gasteiger partial charge in [-0.3, -0.25) is 4.79 Å². The Bertz CT molecular complexity index is 1360. The predicted molar refractivity (Wildman–Crippen MR) is 134 cm³/mol. The van der Waals surface area contributed by atoms with Gasteiger partial charge < -0.3 is 10.1 Å². The van der Waals surface area contributed by atoms with Gasteiger partial charge in [0.1, 0.15) is 22.4 Å². The monoisotopic (exact) mass is 453 g/mol. The van der Waals surface area contributed by atoms with Crippen LogP contribution < -0.4 is 10.1 Å². The minimum absolute atomic E-state index is 0.00756. The van der Waals surface area contributed by atoms with Crippen molar-refractivity contribution in [3.8, 4) is 22.4 Å². The number of para-hydroxylation sites is 1. The van der Waals surface area contributed by atoms with Crippen LogP contribution in [0.4, 0.5) is 5.69 Å². The number of nitriles is 1. The summed E-state index contributed by atoms with van der Waals surface area (Å²) in [5, 5.41) is 13.3. The number of thiazole rings is 1. The minimum Gasteiger partial charge on any atom is -0.493 e. The van der Waals surface area contributed by atoms with E-state index in [0.29, 0.717) is 23.6 Å². The molecule has 1 aromatic heterocycles. The number of rotatable bonds is 7. The maximum Gasteiger partial charge on any atom is 0.266 e. The summed E-state index contributed by atoms with van der Waals surface area (Å²) in [6.45, 7) is 4.66. The Balaban J connectivity index is 1.50. The fourth-order valence-corrected chi connectivity index (χ4v) is 4.37. The molecule has 1 N–H and O–H groups in total. The number of amides is 1. The third kappa shape index (κ3) is 5.28. The van der Waals surface area contributed by atoms with Crippen molar-refractivity contribution < 1.29 is 9.53 Å². The molecule has 0 fully saturated rings. The molecule has 0 aliphatic heterocycles. The summed E-state index contributed by atoms with van der Waals surface area (Å²) in [5.74, 6) is 0.182. The highest BCUT2D eigenvalue weighted by Gasteiger charge is 2.12. The van der Waals surface area contributed by atoms with Crippen LogP contribution in [0.1, 0.15) is 24.5 Å². The van der Waals surface area contributed by atoms with E-state index in [2.05, 4.69) is 24.4 Å². The van der Waals surface area contributed by atoms with Gasteiger partial charge in [0.25, 0.3) is 5.91 Å². The molecule has 0 aliphatic carbocycles. The van der Waals surface area contributed by atoms with Gasteiger partial charge in [-0.15, -0.1) is 11.3 Å². The smallest absolute Gasteiger partial charge is 0.266 e. The van der Waals surface area contributed by atoms with Crippen molar-refractivity contribution in [1.82, 2.24) is 4.98 Å². The number of anilines is 1. The lowest BCUT2D eigenvalue weighted by atomic mass is 10.1. The van der Waals surface area contributed by atoms with Crippen molar-refractivity contribution in [2.24, 2.45) is 0 Å². The average Bonchev–Trinajstić information content (AvgIpc) is 3.25. The number of aryl methyl sites for hydroxylation is 1. The number of nitrogens with zero attached hydrogens (tertiary/aromatic N) is 2. The third-order valence-electron chi connectivity index (χ3n) is 4.98. The number of aromatic nitrogens is 1. The van der Waals surface area contributed by atoms with Crippen molar-refractivity contribution in [1.29, 1.82) is 5.26 Å². The molecule has 0 aliphatic rings. The fourth-order valence-electron chi connectivity index (χ4n) is 3.30. The van der Waals surface area contributed by atoms with Crippen molar-refractivity contribution in [2.75, 3.05) is 11.9 Å². The quantitative estimate of drug-likeness (QED) is 0.252. The molecular weight excluding hydrogens is 430 g/mol. The van der Waals surface area contributed by atoms with Gasteiger partial charge in [-0.2, -0.15) is 5.26 Å². The lowest BCUT2D eigenvalue weighted by molar-refractivity contribution is -0.112. The van der Waals surface area contributed by atoms with Crippen LogP contribution in [-0.2, 0) is 4.79 Å².